The number of amides is 1. The van der Waals surface area contributed by atoms with E-state index < -0.39 is 0 Å². The fourth-order valence-electron chi connectivity index (χ4n) is 1.98. The maximum atomic E-state index is 11.9. The Morgan fingerprint density at radius 2 is 2.20 bits per heavy atom. The molecule has 1 rings (SSSR count). The molecule has 0 radical (unpaired) electrons. The Morgan fingerprint density at radius 3 is 2.73 bits per heavy atom. The van der Waals surface area contributed by atoms with Crippen LogP contribution in [0.15, 0.2) is 0 Å². The van der Waals surface area contributed by atoms with Crippen LogP contribution in [-0.2, 0) is 4.79 Å². The average Bonchev–Trinajstić information content (AvgIpc) is 2.27. The summed E-state index contributed by atoms with van der Waals surface area (Å²) in [6.07, 6.45) is 1.11. The van der Waals surface area contributed by atoms with Crippen LogP contribution in [0.25, 0.3) is 0 Å². The first-order valence-corrected chi connectivity index (χ1v) is 5.76. The smallest absolute Gasteiger partial charge is 0.239 e. The van der Waals surface area contributed by atoms with Crippen molar-refractivity contribution in [2.75, 3.05) is 33.7 Å². The summed E-state index contributed by atoms with van der Waals surface area (Å²) in [6.45, 7) is 6.81. The van der Waals surface area contributed by atoms with E-state index in [1.807, 2.05) is 18.9 Å². The van der Waals surface area contributed by atoms with Gasteiger partial charge in [-0.15, -0.1) is 0 Å². The number of nitrogens with one attached hydrogen (secondary N) is 1. The Morgan fingerprint density at radius 1 is 1.53 bits per heavy atom. The third-order valence-electron chi connectivity index (χ3n) is 3.36. The summed E-state index contributed by atoms with van der Waals surface area (Å²) >= 11 is 0. The minimum absolute atomic E-state index is 0.0640. The second kappa shape index (κ2) is 5.47. The van der Waals surface area contributed by atoms with Gasteiger partial charge in [0.15, 0.2) is 0 Å². The van der Waals surface area contributed by atoms with Crippen molar-refractivity contribution in [1.82, 2.24) is 15.1 Å². The maximum Gasteiger partial charge on any atom is 0.239 e. The number of carbonyl (C=O) groups is 1. The first-order valence-electron chi connectivity index (χ1n) is 5.76. The van der Waals surface area contributed by atoms with Gasteiger partial charge >= 0.3 is 0 Å². The lowest BCUT2D eigenvalue weighted by molar-refractivity contribution is -0.135. The summed E-state index contributed by atoms with van der Waals surface area (Å²) in [5.74, 6) is 0.226. The lowest BCUT2D eigenvalue weighted by Gasteiger charge is -2.40. The van der Waals surface area contributed by atoms with Gasteiger partial charge in [0.05, 0.1) is 6.04 Å². The predicted octanol–water partition coefficient (Wildman–Crippen LogP) is 0.147. The molecule has 1 amide bonds. The minimum Gasteiger partial charge on any atom is -0.339 e. The van der Waals surface area contributed by atoms with E-state index in [1.54, 1.807) is 0 Å². The van der Waals surface area contributed by atoms with Crippen molar-refractivity contribution in [3.05, 3.63) is 0 Å². The van der Waals surface area contributed by atoms with Crippen LogP contribution < -0.4 is 5.32 Å². The topological polar surface area (TPSA) is 35.6 Å². The molecule has 1 aliphatic rings. The second-order valence-corrected chi connectivity index (χ2v) is 4.34. The highest BCUT2D eigenvalue weighted by Gasteiger charge is 2.27. The number of hydrogen-bond donors (Lipinski definition) is 1. The number of rotatable bonds is 3. The van der Waals surface area contributed by atoms with Crippen molar-refractivity contribution in [2.45, 2.75) is 32.4 Å². The summed E-state index contributed by atoms with van der Waals surface area (Å²) < 4.78 is 0. The van der Waals surface area contributed by atoms with Crippen LogP contribution in [0.4, 0.5) is 0 Å². The molecule has 0 aromatic carbocycles. The largest absolute Gasteiger partial charge is 0.339 e. The van der Waals surface area contributed by atoms with E-state index in [0.29, 0.717) is 6.04 Å². The third kappa shape index (κ3) is 2.92. The molecule has 1 aliphatic heterocycles. The molecule has 0 saturated carbocycles. The van der Waals surface area contributed by atoms with Crippen LogP contribution in [0.1, 0.15) is 20.3 Å². The van der Waals surface area contributed by atoms with Crippen molar-refractivity contribution < 1.29 is 4.79 Å². The molecule has 0 bridgehead atoms. The minimum atomic E-state index is -0.0640. The second-order valence-electron chi connectivity index (χ2n) is 4.34. The van der Waals surface area contributed by atoms with Gasteiger partial charge in [-0.25, -0.2) is 0 Å². The number of likely N-dealkylation sites (N-methyl/N-ethyl adjacent to an activating group) is 2. The number of hydrogen-bond acceptors (Lipinski definition) is 3. The zero-order valence-corrected chi connectivity index (χ0v) is 10.3. The molecule has 0 aromatic rings. The van der Waals surface area contributed by atoms with Crippen molar-refractivity contribution in [1.29, 1.82) is 0 Å². The van der Waals surface area contributed by atoms with Gasteiger partial charge in [0, 0.05) is 25.7 Å². The van der Waals surface area contributed by atoms with E-state index in [9.17, 15) is 4.79 Å². The Kier molecular flexibility index (Phi) is 4.54. The molecular formula is C11H23N3O. The van der Waals surface area contributed by atoms with Crippen LogP contribution in [0.3, 0.4) is 0 Å². The lowest BCUT2D eigenvalue weighted by atomic mass is 10.1. The van der Waals surface area contributed by atoms with Gasteiger partial charge in [0.1, 0.15) is 0 Å². The average molecular weight is 213 g/mol. The van der Waals surface area contributed by atoms with Crippen molar-refractivity contribution in [2.24, 2.45) is 0 Å². The SMILES string of the molecule is CCC1CN(C(=O)C(C)NC)CCN1C. The van der Waals surface area contributed by atoms with Crippen LogP contribution in [0.5, 0.6) is 0 Å². The van der Waals surface area contributed by atoms with Gasteiger partial charge in [-0.1, -0.05) is 6.92 Å². The Bertz CT molecular complexity index is 220. The van der Waals surface area contributed by atoms with E-state index in [0.717, 1.165) is 26.1 Å². The van der Waals surface area contributed by atoms with E-state index >= 15 is 0 Å². The molecule has 4 heteroatoms. The highest BCUT2D eigenvalue weighted by Crippen LogP contribution is 2.11. The standard InChI is InChI=1S/C11H23N3O/c1-5-10-8-14(7-6-13(10)4)11(15)9(2)12-3/h9-10,12H,5-8H2,1-4H3. The molecule has 1 fully saturated rings. The molecule has 0 aliphatic carbocycles. The van der Waals surface area contributed by atoms with Gasteiger partial charge < -0.3 is 10.2 Å². The van der Waals surface area contributed by atoms with Crippen LogP contribution >= 0.6 is 0 Å². The third-order valence-corrected chi connectivity index (χ3v) is 3.36. The van der Waals surface area contributed by atoms with Crippen LogP contribution in [0, 0.1) is 0 Å². The normalized spacial score (nSPS) is 25.3. The predicted molar refractivity (Wildman–Crippen MR) is 61.8 cm³/mol. The molecule has 88 valence electrons. The molecule has 1 heterocycles. The van der Waals surface area contributed by atoms with Crippen LogP contribution in [-0.4, -0.2) is 61.5 Å². The quantitative estimate of drug-likeness (QED) is 0.725. The molecule has 2 unspecified atom stereocenters. The zero-order valence-electron chi connectivity index (χ0n) is 10.3. The summed E-state index contributed by atoms with van der Waals surface area (Å²) in [7, 11) is 3.97. The van der Waals surface area contributed by atoms with Crippen molar-refractivity contribution in [3.8, 4) is 0 Å². The van der Waals surface area contributed by atoms with Gasteiger partial charge in [0.2, 0.25) is 5.91 Å². The molecular weight excluding hydrogens is 190 g/mol. The molecule has 1 saturated heterocycles. The highest BCUT2D eigenvalue weighted by atomic mass is 16.2. The monoisotopic (exact) mass is 213 g/mol. The highest BCUT2D eigenvalue weighted by molar-refractivity contribution is 5.81. The zero-order chi connectivity index (χ0) is 11.4. The summed E-state index contributed by atoms with van der Waals surface area (Å²) in [4.78, 5) is 16.3. The van der Waals surface area contributed by atoms with E-state index in [4.69, 9.17) is 0 Å². The summed E-state index contributed by atoms with van der Waals surface area (Å²) in [6, 6.07) is 0.456. The van der Waals surface area contributed by atoms with E-state index in [2.05, 4.69) is 24.2 Å². The molecule has 0 aromatic heterocycles. The first kappa shape index (κ1) is 12.5. The van der Waals surface area contributed by atoms with E-state index in [-0.39, 0.29) is 11.9 Å². The number of piperazine rings is 1. The molecule has 1 N–H and O–H groups in total. The van der Waals surface area contributed by atoms with Gasteiger partial charge in [-0.2, -0.15) is 0 Å². The van der Waals surface area contributed by atoms with Crippen molar-refractivity contribution >= 4 is 5.91 Å². The molecule has 2 atom stereocenters. The molecule has 15 heavy (non-hydrogen) atoms. The van der Waals surface area contributed by atoms with Gasteiger partial charge in [-0.05, 0) is 27.4 Å². The summed E-state index contributed by atoms with van der Waals surface area (Å²) in [5.41, 5.74) is 0. The first-order chi connectivity index (χ1) is 7.10. The number of nitrogens with zero attached hydrogens (tertiary/aromatic N) is 2. The van der Waals surface area contributed by atoms with Gasteiger partial charge in [-0.3, -0.25) is 9.69 Å². The van der Waals surface area contributed by atoms with Crippen molar-refractivity contribution in [3.63, 3.8) is 0 Å². The molecule has 0 spiro atoms. The Hall–Kier alpha value is -0.610. The maximum absolute atomic E-state index is 11.9. The Balaban J connectivity index is 2.54. The van der Waals surface area contributed by atoms with Gasteiger partial charge in [0.25, 0.3) is 0 Å². The van der Waals surface area contributed by atoms with E-state index in [1.165, 1.54) is 0 Å². The Labute approximate surface area is 92.6 Å². The summed E-state index contributed by atoms with van der Waals surface area (Å²) in [5, 5.41) is 3.00. The van der Waals surface area contributed by atoms with Crippen LogP contribution in [0.2, 0.25) is 0 Å². The number of carbonyl (C=O) groups excluding carboxylic acids is 1. The fourth-order valence-corrected chi connectivity index (χ4v) is 1.98. The fraction of sp³-hybridized carbons (Fsp3) is 0.909. The molecule has 4 nitrogen and oxygen atoms in total. The lowest BCUT2D eigenvalue weighted by Crippen LogP contribution is -2.56.